The molecule has 0 radical (unpaired) electrons. The number of ether oxygens (including phenoxy) is 2. The quantitative estimate of drug-likeness (QED) is 0.924. The second-order valence-corrected chi connectivity index (χ2v) is 4.94. The Morgan fingerprint density at radius 3 is 2.65 bits per heavy atom. The van der Waals surface area contributed by atoms with Crippen molar-refractivity contribution in [2.45, 2.75) is 12.5 Å². The molecule has 1 aromatic heterocycles. The molecule has 0 bridgehead atoms. The maximum Gasteiger partial charge on any atom is 0.161 e. The van der Waals surface area contributed by atoms with Gasteiger partial charge in [-0.3, -0.25) is 0 Å². The molecule has 0 aliphatic carbocycles. The molecule has 1 aromatic carbocycles. The van der Waals surface area contributed by atoms with Crippen LogP contribution in [0.2, 0.25) is 0 Å². The first-order valence-electron chi connectivity index (χ1n) is 6.70. The summed E-state index contributed by atoms with van der Waals surface area (Å²) in [6.45, 7) is 0.931. The molecule has 0 spiro atoms. The van der Waals surface area contributed by atoms with Gasteiger partial charge in [-0.25, -0.2) is 4.98 Å². The highest BCUT2D eigenvalue weighted by Gasteiger charge is 2.26. The Morgan fingerprint density at radius 1 is 1.25 bits per heavy atom. The lowest BCUT2D eigenvalue weighted by atomic mass is 9.93. The van der Waals surface area contributed by atoms with Gasteiger partial charge in [-0.1, -0.05) is 0 Å². The molecule has 1 aliphatic rings. The van der Waals surface area contributed by atoms with Crippen LogP contribution in [-0.4, -0.2) is 30.3 Å². The Morgan fingerprint density at radius 2 is 2.00 bits per heavy atom. The van der Waals surface area contributed by atoms with Crippen molar-refractivity contribution in [2.75, 3.05) is 20.8 Å². The predicted molar refractivity (Wildman–Crippen MR) is 76.3 cm³/mol. The number of methoxy groups -OCH3 is 2. The fraction of sp³-hybridized carbons (Fsp3) is 0.400. The van der Waals surface area contributed by atoms with E-state index in [1.807, 2.05) is 24.0 Å². The molecule has 0 fully saturated rings. The van der Waals surface area contributed by atoms with Crippen molar-refractivity contribution < 1.29 is 9.47 Å². The number of aryl methyl sites for hydroxylation is 1. The van der Waals surface area contributed by atoms with Gasteiger partial charge < -0.3 is 19.4 Å². The smallest absolute Gasteiger partial charge is 0.161 e. The summed E-state index contributed by atoms with van der Waals surface area (Å²) >= 11 is 0. The first kappa shape index (κ1) is 13.0. The lowest BCUT2D eigenvalue weighted by Gasteiger charge is -2.27. The van der Waals surface area contributed by atoms with Gasteiger partial charge in [-0.2, -0.15) is 0 Å². The number of benzene rings is 1. The second-order valence-electron chi connectivity index (χ2n) is 4.94. The molecule has 3 rings (SSSR count). The van der Waals surface area contributed by atoms with Gasteiger partial charge in [0.05, 0.1) is 20.3 Å². The van der Waals surface area contributed by atoms with E-state index in [-0.39, 0.29) is 6.04 Å². The van der Waals surface area contributed by atoms with Crippen molar-refractivity contribution in [1.82, 2.24) is 14.9 Å². The number of fused-ring (bicyclic) bond motifs is 1. The molecule has 1 unspecified atom stereocenters. The molecule has 106 valence electrons. The molecule has 1 atom stereocenters. The van der Waals surface area contributed by atoms with Crippen LogP contribution in [0.15, 0.2) is 24.5 Å². The van der Waals surface area contributed by atoms with Crippen LogP contribution in [0, 0.1) is 0 Å². The summed E-state index contributed by atoms with van der Waals surface area (Å²) in [5.74, 6) is 2.55. The Bertz CT molecular complexity index is 622. The summed E-state index contributed by atoms with van der Waals surface area (Å²) in [6, 6.07) is 4.23. The average Bonchev–Trinajstić information content (AvgIpc) is 2.91. The summed E-state index contributed by atoms with van der Waals surface area (Å²) in [7, 11) is 5.34. The zero-order chi connectivity index (χ0) is 14.1. The van der Waals surface area contributed by atoms with Gasteiger partial charge in [-0.15, -0.1) is 0 Å². The highest BCUT2D eigenvalue weighted by molar-refractivity contribution is 5.50. The van der Waals surface area contributed by atoms with Crippen LogP contribution in [0.25, 0.3) is 0 Å². The second kappa shape index (κ2) is 5.17. The molecule has 2 heterocycles. The standard InChI is InChI=1S/C15H19N3O2/c1-18-7-6-17-15(18)14-11-9-13(20-3)12(19-2)8-10(11)4-5-16-14/h6-9,14,16H,4-5H2,1-3H3. The minimum absolute atomic E-state index is 0.0959. The van der Waals surface area contributed by atoms with Crippen LogP contribution in [-0.2, 0) is 13.5 Å². The molecule has 5 heteroatoms. The van der Waals surface area contributed by atoms with Crippen molar-refractivity contribution >= 4 is 0 Å². The summed E-state index contributed by atoms with van der Waals surface area (Å²) in [4.78, 5) is 4.46. The van der Waals surface area contributed by atoms with Crippen LogP contribution in [0.4, 0.5) is 0 Å². The average molecular weight is 273 g/mol. The van der Waals surface area contributed by atoms with Gasteiger partial charge in [0.25, 0.3) is 0 Å². The van der Waals surface area contributed by atoms with Crippen LogP contribution in [0.5, 0.6) is 11.5 Å². The van der Waals surface area contributed by atoms with E-state index in [0.717, 1.165) is 30.3 Å². The first-order chi connectivity index (χ1) is 9.74. The molecular formula is C15H19N3O2. The highest BCUT2D eigenvalue weighted by Crippen LogP contribution is 2.36. The number of hydrogen-bond acceptors (Lipinski definition) is 4. The fourth-order valence-electron chi connectivity index (χ4n) is 2.77. The molecule has 0 saturated carbocycles. The fourth-order valence-corrected chi connectivity index (χ4v) is 2.77. The van der Waals surface area contributed by atoms with Gasteiger partial charge in [0.15, 0.2) is 11.5 Å². The third-order valence-corrected chi connectivity index (χ3v) is 3.82. The molecule has 1 N–H and O–H groups in total. The number of rotatable bonds is 3. The van der Waals surface area contributed by atoms with E-state index in [0.29, 0.717) is 0 Å². The lowest BCUT2D eigenvalue weighted by Crippen LogP contribution is -2.32. The van der Waals surface area contributed by atoms with Gasteiger partial charge in [0.2, 0.25) is 0 Å². The maximum absolute atomic E-state index is 5.42. The number of imidazole rings is 1. The summed E-state index contributed by atoms with van der Waals surface area (Å²) in [5.41, 5.74) is 2.50. The Labute approximate surface area is 118 Å². The number of nitrogens with one attached hydrogen (secondary N) is 1. The third kappa shape index (κ3) is 2.04. The van der Waals surface area contributed by atoms with Crippen LogP contribution in [0.3, 0.4) is 0 Å². The lowest BCUT2D eigenvalue weighted by molar-refractivity contribution is 0.352. The van der Waals surface area contributed by atoms with E-state index in [1.165, 1.54) is 11.1 Å². The molecule has 20 heavy (non-hydrogen) atoms. The van der Waals surface area contributed by atoms with Crippen molar-refractivity contribution in [3.8, 4) is 11.5 Å². The molecule has 1 aliphatic heterocycles. The van der Waals surface area contributed by atoms with E-state index < -0.39 is 0 Å². The van der Waals surface area contributed by atoms with E-state index in [4.69, 9.17) is 9.47 Å². The highest BCUT2D eigenvalue weighted by atomic mass is 16.5. The predicted octanol–water partition coefficient (Wildman–Crippen LogP) is 1.67. The minimum Gasteiger partial charge on any atom is -0.493 e. The van der Waals surface area contributed by atoms with E-state index in [2.05, 4.69) is 22.4 Å². The Hall–Kier alpha value is -2.01. The number of aromatic nitrogens is 2. The SMILES string of the molecule is COc1cc2c(cc1OC)C(c1nccn1C)NCC2. The zero-order valence-electron chi connectivity index (χ0n) is 12.0. The Balaban J connectivity index is 2.10. The van der Waals surface area contributed by atoms with E-state index in [1.54, 1.807) is 14.2 Å². The number of nitrogens with zero attached hydrogens (tertiary/aromatic N) is 2. The zero-order valence-corrected chi connectivity index (χ0v) is 12.0. The third-order valence-electron chi connectivity index (χ3n) is 3.82. The Kier molecular flexibility index (Phi) is 3.36. The van der Waals surface area contributed by atoms with Gasteiger partial charge >= 0.3 is 0 Å². The summed E-state index contributed by atoms with van der Waals surface area (Å²) < 4.78 is 12.8. The molecule has 2 aromatic rings. The normalized spacial score (nSPS) is 17.6. The number of hydrogen-bond donors (Lipinski definition) is 1. The minimum atomic E-state index is 0.0959. The van der Waals surface area contributed by atoms with E-state index >= 15 is 0 Å². The maximum atomic E-state index is 5.42. The van der Waals surface area contributed by atoms with Crippen molar-refractivity contribution in [1.29, 1.82) is 0 Å². The molecular weight excluding hydrogens is 254 g/mol. The van der Waals surface area contributed by atoms with E-state index in [9.17, 15) is 0 Å². The van der Waals surface area contributed by atoms with Crippen LogP contribution in [0.1, 0.15) is 23.0 Å². The van der Waals surface area contributed by atoms with Gasteiger partial charge in [-0.05, 0) is 29.7 Å². The summed E-state index contributed by atoms with van der Waals surface area (Å²) in [5, 5.41) is 3.53. The largest absolute Gasteiger partial charge is 0.493 e. The van der Waals surface area contributed by atoms with Crippen molar-refractivity contribution in [2.24, 2.45) is 7.05 Å². The van der Waals surface area contributed by atoms with Crippen molar-refractivity contribution in [3.05, 3.63) is 41.5 Å². The molecule has 5 nitrogen and oxygen atoms in total. The van der Waals surface area contributed by atoms with Gasteiger partial charge in [0.1, 0.15) is 5.82 Å². The molecule has 0 saturated heterocycles. The first-order valence-corrected chi connectivity index (χ1v) is 6.70. The van der Waals surface area contributed by atoms with Crippen molar-refractivity contribution in [3.63, 3.8) is 0 Å². The van der Waals surface area contributed by atoms with Crippen LogP contribution >= 0.6 is 0 Å². The van der Waals surface area contributed by atoms with Gasteiger partial charge in [0, 0.05) is 26.0 Å². The topological polar surface area (TPSA) is 48.3 Å². The monoisotopic (exact) mass is 273 g/mol. The molecule has 0 amide bonds. The summed E-state index contributed by atoms with van der Waals surface area (Å²) in [6.07, 6.45) is 4.77. The van der Waals surface area contributed by atoms with Crippen LogP contribution < -0.4 is 14.8 Å².